The molecule has 0 atom stereocenters. The Morgan fingerprint density at radius 2 is 1.80 bits per heavy atom. The lowest BCUT2D eigenvalue weighted by molar-refractivity contribution is -0.142. The Morgan fingerprint density at radius 1 is 1.20 bits per heavy atom. The van der Waals surface area contributed by atoms with Crippen molar-refractivity contribution in [2.45, 2.75) is 10.2 Å². The number of carbonyl (C=O) groups excluding carboxylic acids is 1. The highest BCUT2D eigenvalue weighted by Gasteiger charge is 2.21. The Labute approximate surface area is 103 Å². The minimum atomic E-state index is -1.55. The fraction of sp³-hybridized carbons (Fsp3) is 0.300. The number of halogens is 3. The second-order valence-corrected chi connectivity index (χ2v) is 5.45. The maximum absolute atomic E-state index is 11.3. The van der Waals surface area contributed by atoms with Gasteiger partial charge >= 0.3 is 5.97 Å². The molecule has 0 bridgehead atoms. The van der Waals surface area contributed by atoms with E-state index in [1.54, 1.807) is 0 Å². The third-order valence-corrected chi connectivity index (χ3v) is 1.92. The second kappa shape index (κ2) is 5.59. The Balaban J connectivity index is 2.38. The molecule has 82 valence electrons. The van der Waals surface area contributed by atoms with Crippen LogP contribution in [0.4, 0.5) is 0 Å². The zero-order valence-corrected chi connectivity index (χ0v) is 10.0. The Hall–Kier alpha value is -0.440. The first kappa shape index (κ1) is 12.6. The summed E-state index contributed by atoms with van der Waals surface area (Å²) in [4.78, 5) is 11.3. The minimum absolute atomic E-state index is 0.182. The number of carbonyl (C=O) groups is 1. The van der Waals surface area contributed by atoms with Crippen molar-refractivity contribution in [3.8, 4) is 0 Å². The van der Waals surface area contributed by atoms with Crippen LogP contribution in [0.2, 0.25) is 0 Å². The van der Waals surface area contributed by atoms with Gasteiger partial charge in [-0.3, -0.25) is 4.79 Å². The zero-order chi connectivity index (χ0) is 11.3. The molecule has 0 aliphatic heterocycles. The fourth-order valence-electron chi connectivity index (χ4n) is 0.976. The van der Waals surface area contributed by atoms with Gasteiger partial charge in [0.2, 0.25) is 3.79 Å². The average molecular weight is 268 g/mol. The van der Waals surface area contributed by atoms with Gasteiger partial charge in [0.05, 0.1) is 6.42 Å². The van der Waals surface area contributed by atoms with Gasteiger partial charge in [0.15, 0.2) is 0 Å². The van der Waals surface area contributed by atoms with Crippen LogP contribution in [0.15, 0.2) is 30.3 Å². The molecule has 0 fully saturated rings. The van der Waals surface area contributed by atoms with Crippen molar-refractivity contribution in [3.63, 3.8) is 0 Å². The number of hydrogen-bond donors (Lipinski definition) is 0. The molecule has 1 rings (SSSR count). The zero-order valence-electron chi connectivity index (χ0n) is 7.75. The molecule has 0 spiro atoms. The van der Waals surface area contributed by atoms with Crippen molar-refractivity contribution in [2.75, 3.05) is 6.61 Å². The first-order chi connectivity index (χ1) is 6.97. The van der Waals surface area contributed by atoms with Crippen LogP contribution >= 0.6 is 34.8 Å². The second-order valence-electron chi connectivity index (χ2n) is 2.94. The van der Waals surface area contributed by atoms with E-state index in [1.807, 2.05) is 30.3 Å². The third kappa shape index (κ3) is 5.88. The summed E-state index contributed by atoms with van der Waals surface area (Å²) in [7, 11) is 0. The van der Waals surface area contributed by atoms with E-state index < -0.39 is 9.76 Å². The van der Waals surface area contributed by atoms with Gasteiger partial charge in [-0.05, 0) is 5.56 Å². The van der Waals surface area contributed by atoms with Crippen LogP contribution < -0.4 is 0 Å². The summed E-state index contributed by atoms with van der Waals surface area (Å²) in [6, 6.07) is 9.22. The van der Waals surface area contributed by atoms with Crippen LogP contribution in [0.25, 0.3) is 0 Å². The van der Waals surface area contributed by atoms with Crippen LogP contribution in [-0.2, 0) is 16.0 Å². The summed E-state index contributed by atoms with van der Waals surface area (Å²) in [6.07, 6.45) is 0.182. The van der Waals surface area contributed by atoms with E-state index in [9.17, 15) is 4.79 Å². The topological polar surface area (TPSA) is 26.3 Å². The van der Waals surface area contributed by atoms with Gasteiger partial charge in [-0.1, -0.05) is 65.1 Å². The van der Waals surface area contributed by atoms with Crippen molar-refractivity contribution in [1.82, 2.24) is 0 Å². The van der Waals surface area contributed by atoms with Crippen LogP contribution in [0.5, 0.6) is 0 Å². The van der Waals surface area contributed by atoms with Gasteiger partial charge in [0, 0.05) is 0 Å². The molecular formula is C10H9Cl3O2. The van der Waals surface area contributed by atoms with Crippen LogP contribution in [0.1, 0.15) is 5.56 Å². The van der Waals surface area contributed by atoms with E-state index in [1.165, 1.54) is 0 Å². The fourth-order valence-corrected chi connectivity index (χ4v) is 1.14. The van der Waals surface area contributed by atoms with E-state index in [-0.39, 0.29) is 13.0 Å². The molecule has 0 aromatic heterocycles. The van der Waals surface area contributed by atoms with Gasteiger partial charge in [-0.25, -0.2) is 0 Å². The Morgan fingerprint density at radius 3 is 2.33 bits per heavy atom. The summed E-state index contributed by atoms with van der Waals surface area (Å²) in [5.41, 5.74) is 0.867. The largest absolute Gasteiger partial charge is 0.461 e. The summed E-state index contributed by atoms with van der Waals surface area (Å²) >= 11 is 16.3. The maximum atomic E-state index is 11.3. The molecule has 5 heteroatoms. The number of ether oxygens (including phenoxy) is 1. The third-order valence-electron chi connectivity index (χ3n) is 1.59. The molecule has 1 aromatic carbocycles. The van der Waals surface area contributed by atoms with Crippen molar-refractivity contribution in [2.24, 2.45) is 0 Å². The quantitative estimate of drug-likeness (QED) is 0.621. The van der Waals surface area contributed by atoms with Gasteiger partial charge in [-0.15, -0.1) is 0 Å². The van der Waals surface area contributed by atoms with Gasteiger partial charge in [0.25, 0.3) is 0 Å². The van der Waals surface area contributed by atoms with E-state index in [2.05, 4.69) is 0 Å². The first-order valence-corrected chi connectivity index (χ1v) is 5.37. The molecule has 0 heterocycles. The van der Waals surface area contributed by atoms with E-state index in [0.29, 0.717) is 0 Å². The molecular weight excluding hydrogens is 258 g/mol. The predicted molar refractivity (Wildman–Crippen MR) is 61.4 cm³/mol. The van der Waals surface area contributed by atoms with Gasteiger partial charge in [0.1, 0.15) is 6.61 Å². The number of rotatable bonds is 3. The molecule has 0 radical (unpaired) electrons. The smallest absolute Gasteiger partial charge is 0.310 e. The SMILES string of the molecule is O=C(Cc1ccccc1)OCC(Cl)(Cl)Cl. The summed E-state index contributed by atoms with van der Waals surface area (Å²) in [6.45, 7) is -0.233. The molecule has 15 heavy (non-hydrogen) atoms. The van der Waals surface area contributed by atoms with Crippen molar-refractivity contribution in [1.29, 1.82) is 0 Å². The lowest BCUT2D eigenvalue weighted by atomic mass is 10.2. The van der Waals surface area contributed by atoms with Crippen LogP contribution in [0.3, 0.4) is 0 Å². The highest BCUT2D eigenvalue weighted by Crippen LogP contribution is 2.25. The van der Waals surface area contributed by atoms with E-state index >= 15 is 0 Å². The maximum Gasteiger partial charge on any atom is 0.310 e. The minimum Gasteiger partial charge on any atom is -0.461 e. The van der Waals surface area contributed by atoms with Crippen LogP contribution in [0, 0.1) is 0 Å². The molecule has 0 unspecified atom stereocenters. The van der Waals surface area contributed by atoms with Crippen molar-refractivity contribution in [3.05, 3.63) is 35.9 Å². The molecule has 2 nitrogen and oxygen atoms in total. The van der Waals surface area contributed by atoms with Crippen LogP contribution in [-0.4, -0.2) is 16.4 Å². The highest BCUT2D eigenvalue weighted by molar-refractivity contribution is 6.67. The highest BCUT2D eigenvalue weighted by atomic mass is 35.6. The molecule has 1 aromatic rings. The summed E-state index contributed by atoms with van der Waals surface area (Å²) < 4.78 is 3.23. The van der Waals surface area contributed by atoms with Crippen molar-refractivity contribution < 1.29 is 9.53 Å². The molecule has 0 saturated carbocycles. The standard InChI is InChI=1S/C10H9Cl3O2/c11-10(12,13)7-15-9(14)6-8-4-2-1-3-5-8/h1-5H,6-7H2. The summed E-state index contributed by atoms with van der Waals surface area (Å²) in [5.74, 6) is -0.410. The molecule has 0 N–H and O–H groups in total. The predicted octanol–water partition coefficient (Wildman–Crippen LogP) is 3.14. The molecule has 0 aliphatic rings. The number of esters is 1. The normalized spacial score (nSPS) is 11.1. The van der Waals surface area contributed by atoms with Crippen molar-refractivity contribution >= 4 is 40.8 Å². The van der Waals surface area contributed by atoms with Gasteiger partial charge < -0.3 is 4.74 Å². The monoisotopic (exact) mass is 266 g/mol. The Bertz CT molecular complexity index is 319. The number of benzene rings is 1. The molecule has 0 aliphatic carbocycles. The first-order valence-electron chi connectivity index (χ1n) is 4.24. The number of hydrogen-bond acceptors (Lipinski definition) is 2. The molecule has 0 amide bonds. The lowest BCUT2D eigenvalue weighted by Crippen LogP contribution is -2.18. The molecule has 0 saturated heterocycles. The number of alkyl halides is 3. The van der Waals surface area contributed by atoms with E-state index in [4.69, 9.17) is 39.5 Å². The van der Waals surface area contributed by atoms with Gasteiger partial charge in [-0.2, -0.15) is 0 Å². The Kier molecular flexibility index (Phi) is 4.71. The lowest BCUT2D eigenvalue weighted by Gasteiger charge is -2.11. The van der Waals surface area contributed by atoms with E-state index in [0.717, 1.165) is 5.56 Å². The average Bonchev–Trinajstić information content (AvgIpc) is 2.15. The summed E-state index contributed by atoms with van der Waals surface area (Å²) in [5, 5.41) is 0.